The van der Waals surface area contributed by atoms with Gasteiger partial charge in [0.1, 0.15) is 0 Å². The maximum absolute atomic E-state index is 11.5. The summed E-state index contributed by atoms with van der Waals surface area (Å²) >= 11 is 0. The van der Waals surface area contributed by atoms with Gasteiger partial charge in [0.25, 0.3) is 0 Å². The predicted octanol–water partition coefficient (Wildman–Crippen LogP) is 0.666. The van der Waals surface area contributed by atoms with Gasteiger partial charge >= 0.3 is 0 Å². The van der Waals surface area contributed by atoms with Crippen molar-refractivity contribution >= 4 is 5.91 Å². The quantitative estimate of drug-likeness (QED) is 0.768. The van der Waals surface area contributed by atoms with Crippen LogP contribution in [0.2, 0.25) is 0 Å². The van der Waals surface area contributed by atoms with E-state index < -0.39 is 0 Å². The van der Waals surface area contributed by atoms with E-state index in [1.807, 2.05) is 0 Å². The van der Waals surface area contributed by atoms with Crippen LogP contribution in [0.5, 0.6) is 0 Å². The zero-order valence-electron chi connectivity index (χ0n) is 10.8. The number of nitrogens with zero attached hydrogens (tertiary/aromatic N) is 2. The lowest BCUT2D eigenvalue weighted by Gasteiger charge is -2.36. The summed E-state index contributed by atoms with van der Waals surface area (Å²) in [7, 11) is 5.68. The van der Waals surface area contributed by atoms with Crippen LogP contribution in [0.15, 0.2) is 0 Å². The lowest BCUT2D eigenvalue weighted by atomic mass is 9.90. The molecule has 2 unspecified atom stereocenters. The molecule has 0 radical (unpaired) electrons. The molecule has 94 valence electrons. The van der Waals surface area contributed by atoms with Crippen LogP contribution in [0.25, 0.3) is 0 Å². The van der Waals surface area contributed by atoms with Crippen molar-refractivity contribution in [1.82, 2.24) is 9.80 Å². The van der Waals surface area contributed by atoms with Gasteiger partial charge in [-0.1, -0.05) is 12.8 Å². The Morgan fingerprint density at radius 1 is 1.25 bits per heavy atom. The highest BCUT2D eigenvalue weighted by atomic mass is 16.2. The average molecular weight is 227 g/mol. The van der Waals surface area contributed by atoms with Gasteiger partial charge in [0, 0.05) is 39.1 Å². The first-order valence-electron chi connectivity index (χ1n) is 6.18. The van der Waals surface area contributed by atoms with Gasteiger partial charge in [-0.3, -0.25) is 4.79 Å². The summed E-state index contributed by atoms with van der Waals surface area (Å²) < 4.78 is 0. The molecule has 1 fully saturated rings. The first-order valence-corrected chi connectivity index (χ1v) is 6.18. The molecule has 4 nitrogen and oxygen atoms in total. The minimum Gasteiger partial charge on any atom is -0.349 e. The lowest BCUT2D eigenvalue weighted by Crippen LogP contribution is -2.48. The molecule has 4 heteroatoms. The molecule has 2 atom stereocenters. The van der Waals surface area contributed by atoms with Gasteiger partial charge in [0.2, 0.25) is 5.91 Å². The minimum absolute atomic E-state index is 0.191. The zero-order chi connectivity index (χ0) is 12.1. The van der Waals surface area contributed by atoms with E-state index >= 15 is 0 Å². The molecule has 0 bridgehead atoms. The van der Waals surface area contributed by atoms with Gasteiger partial charge in [-0.2, -0.15) is 0 Å². The van der Waals surface area contributed by atoms with E-state index in [-0.39, 0.29) is 11.9 Å². The molecule has 1 saturated carbocycles. The Balaban J connectivity index is 2.33. The van der Waals surface area contributed by atoms with Crippen molar-refractivity contribution in [3.63, 3.8) is 0 Å². The second-order valence-electron chi connectivity index (χ2n) is 5.03. The van der Waals surface area contributed by atoms with Crippen LogP contribution in [-0.2, 0) is 4.79 Å². The number of carbonyl (C=O) groups is 1. The average Bonchev–Trinajstić information content (AvgIpc) is 2.25. The Morgan fingerprint density at radius 3 is 2.44 bits per heavy atom. The van der Waals surface area contributed by atoms with Crippen LogP contribution < -0.4 is 5.73 Å². The van der Waals surface area contributed by atoms with Gasteiger partial charge in [-0.25, -0.2) is 0 Å². The largest absolute Gasteiger partial charge is 0.349 e. The van der Waals surface area contributed by atoms with E-state index in [4.69, 9.17) is 5.73 Å². The molecular formula is C12H25N3O. The molecule has 16 heavy (non-hydrogen) atoms. The summed E-state index contributed by atoms with van der Waals surface area (Å²) in [5, 5.41) is 0. The molecule has 0 heterocycles. The molecule has 1 aliphatic carbocycles. The smallest absolute Gasteiger partial charge is 0.223 e. The van der Waals surface area contributed by atoms with E-state index in [0.717, 1.165) is 13.0 Å². The monoisotopic (exact) mass is 227 g/mol. The molecule has 0 aromatic carbocycles. The molecular weight excluding hydrogens is 202 g/mol. The van der Waals surface area contributed by atoms with Gasteiger partial charge < -0.3 is 15.5 Å². The summed E-state index contributed by atoms with van der Waals surface area (Å²) in [6, 6.07) is 0.747. The zero-order valence-corrected chi connectivity index (χ0v) is 10.8. The van der Waals surface area contributed by atoms with Crippen LogP contribution >= 0.6 is 0 Å². The normalized spacial score (nSPS) is 25.8. The van der Waals surface area contributed by atoms with Gasteiger partial charge in [-0.05, 0) is 19.9 Å². The van der Waals surface area contributed by atoms with Crippen molar-refractivity contribution in [3.8, 4) is 0 Å². The first kappa shape index (κ1) is 13.5. The number of carbonyl (C=O) groups excluding carboxylic acids is 1. The molecule has 2 N–H and O–H groups in total. The topological polar surface area (TPSA) is 49.6 Å². The van der Waals surface area contributed by atoms with E-state index in [2.05, 4.69) is 11.9 Å². The Bertz CT molecular complexity index is 230. The molecule has 0 aliphatic heterocycles. The molecule has 1 aliphatic rings. The molecule has 0 aromatic heterocycles. The Morgan fingerprint density at radius 2 is 1.88 bits per heavy atom. The Labute approximate surface area is 98.8 Å². The third-order valence-electron chi connectivity index (χ3n) is 3.52. The number of rotatable bonds is 4. The SMILES string of the molecule is CN(C)C(=O)CCN(C)C1CCCCC1N. The minimum atomic E-state index is 0.191. The maximum Gasteiger partial charge on any atom is 0.223 e. The van der Waals surface area contributed by atoms with Crippen molar-refractivity contribution in [2.45, 2.75) is 44.2 Å². The fourth-order valence-corrected chi connectivity index (χ4v) is 2.35. The second kappa shape index (κ2) is 6.21. The number of hydrogen-bond acceptors (Lipinski definition) is 3. The van der Waals surface area contributed by atoms with Crippen LogP contribution in [0.4, 0.5) is 0 Å². The summed E-state index contributed by atoms with van der Waals surface area (Å²) in [5.41, 5.74) is 6.11. The van der Waals surface area contributed by atoms with Crippen molar-refractivity contribution in [2.24, 2.45) is 5.73 Å². The van der Waals surface area contributed by atoms with E-state index in [0.29, 0.717) is 12.5 Å². The van der Waals surface area contributed by atoms with Crippen LogP contribution in [0, 0.1) is 0 Å². The van der Waals surface area contributed by atoms with E-state index in [9.17, 15) is 4.79 Å². The number of hydrogen-bond donors (Lipinski definition) is 1. The summed E-state index contributed by atoms with van der Waals surface area (Å²) in [5.74, 6) is 0.191. The summed E-state index contributed by atoms with van der Waals surface area (Å²) in [6.07, 6.45) is 5.41. The molecule has 1 rings (SSSR count). The number of nitrogens with two attached hydrogens (primary N) is 1. The van der Waals surface area contributed by atoms with Crippen LogP contribution in [0.1, 0.15) is 32.1 Å². The van der Waals surface area contributed by atoms with Gasteiger partial charge in [0.15, 0.2) is 0 Å². The standard InChI is InChI=1S/C12H25N3O/c1-14(2)12(16)8-9-15(3)11-7-5-4-6-10(11)13/h10-11H,4-9,13H2,1-3H3. The number of amides is 1. The highest BCUT2D eigenvalue weighted by Crippen LogP contribution is 2.21. The molecule has 0 saturated heterocycles. The highest BCUT2D eigenvalue weighted by molar-refractivity contribution is 5.75. The molecule has 1 amide bonds. The number of likely N-dealkylation sites (N-methyl/N-ethyl adjacent to an activating group) is 1. The Kier molecular flexibility index (Phi) is 5.22. The van der Waals surface area contributed by atoms with Gasteiger partial charge in [0.05, 0.1) is 0 Å². The highest BCUT2D eigenvalue weighted by Gasteiger charge is 2.25. The molecule has 0 spiro atoms. The van der Waals surface area contributed by atoms with Crippen molar-refractivity contribution in [2.75, 3.05) is 27.7 Å². The summed E-state index contributed by atoms with van der Waals surface area (Å²) in [6.45, 7) is 0.815. The lowest BCUT2D eigenvalue weighted by molar-refractivity contribution is -0.129. The maximum atomic E-state index is 11.5. The Hall–Kier alpha value is -0.610. The summed E-state index contributed by atoms with van der Waals surface area (Å²) in [4.78, 5) is 15.4. The first-order chi connectivity index (χ1) is 7.52. The van der Waals surface area contributed by atoms with E-state index in [1.54, 1.807) is 19.0 Å². The van der Waals surface area contributed by atoms with Crippen molar-refractivity contribution in [3.05, 3.63) is 0 Å². The third kappa shape index (κ3) is 3.76. The third-order valence-corrected chi connectivity index (χ3v) is 3.52. The van der Waals surface area contributed by atoms with Crippen molar-refractivity contribution < 1.29 is 4.79 Å². The van der Waals surface area contributed by atoms with Gasteiger partial charge in [-0.15, -0.1) is 0 Å². The van der Waals surface area contributed by atoms with E-state index in [1.165, 1.54) is 19.3 Å². The van der Waals surface area contributed by atoms with Crippen LogP contribution in [0.3, 0.4) is 0 Å². The predicted molar refractivity (Wildman–Crippen MR) is 66.2 cm³/mol. The fraction of sp³-hybridized carbons (Fsp3) is 0.917. The van der Waals surface area contributed by atoms with Crippen LogP contribution in [-0.4, -0.2) is 55.5 Å². The molecule has 0 aromatic rings. The van der Waals surface area contributed by atoms with Crippen molar-refractivity contribution in [1.29, 1.82) is 0 Å². The fourth-order valence-electron chi connectivity index (χ4n) is 2.35. The second-order valence-corrected chi connectivity index (χ2v) is 5.03.